The first-order chi connectivity index (χ1) is 11.1. The summed E-state index contributed by atoms with van der Waals surface area (Å²) in [6, 6.07) is 8.87. The Kier molecular flexibility index (Phi) is 4.83. The van der Waals surface area contributed by atoms with Crippen molar-refractivity contribution < 1.29 is 30.6 Å². The molecule has 0 saturated heterocycles. The summed E-state index contributed by atoms with van der Waals surface area (Å²) in [5.74, 6) is -0.660. The number of rotatable bonds is 4. The topological polar surface area (TPSA) is 72.5 Å². The first kappa shape index (κ1) is 17.8. The fourth-order valence-corrected chi connectivity index (χ4v) is 2.82. The lowest BCUT2D eigenvalue weighted by Gasteiger charge is -2.13. The summed E-state index contributed by atoms with van der Waals surface area (Å²) in [6.45, 7) is 1.22. The van der Waals surface area contributed by atoms with Crippen LogP contribution in [0, 0.1) is 0 Å². The monoisotopic (exact) mass is 359 g/mol. The van der Waals surface area contributed by atoms with E-state index >= 15 is 0 Å². The molecule has 1 N–H and O–H groups in total. The number of para-hydroxylation sites is 2. The number of nitrogens with one attached hydrogen (secondary N) is 1. The number of hydrogen-bond donors (Lipinski definition) is 1. The van der Waals surface area contributed by atoms with Gasteiger partial charge in [-0.15, -0.1) is 0 Å². The Morgan fingerprint density at radius 2 is 1.75 bits per heavy atom. The van der Waals surface area contributed by atoms with E-state index in [4.69, 9.17) is 4.18 Å². The van der Waals surface area contributed by atoms with Crippen molar-refractivity contribution in [1.82, 2.24) is 0 Å². The molecule has 0 saturated carbocycles. The van der Waals surface area contributed by atoms with E-state index in [-0.39, 0.29) is 11.4 Å². The van der Waals surface area contributed by atoms with Crippen LogP contribution in [0.2, 0.25) is 0 Å². The number of halogens is 3. The quantitative estimate of drug-likeness (QED) is 0.849. The summed E-state index contributed by atoms with van der Waals surface area (Å²) in [5, 5.41) is 2.37. The normalized spacial score (nSPS) is 11.8. The summed E-state index contributed by atoms with van der Waals surface area (Å²) < 4.78 is 67.4. The zero-order chi connectivity index (χ0) is 18.0. The zero-order valence-electron chi connectivity index (χ0n) is 12.3. The van der Waals surface area contributed by atoms with Crippen LogP contribution < -0.4 is 9.50 Å². The summed E-state index contributed by atoms with van der Waals surface area (Å²) in [5.41, 5.74) is -1.03. The molecule has 0 atom stereocenters. The van der Waals surface area contributed by atoms with Crippen LogP contribution in [0.4, 0.5) is 18.9 Å². The zero-order valence-corrected chi connectivity index (χ0v) is 13.1. The maximum absolute atomic E-state index is 12.7. The van der Waals surface area contributed by atoms with Gasteiger partial charge in [-0.3, -0.25) is 4.79 Å². The van der Waals surface area contributed by atoms with E-state index in [1.165, 1.54) is 31.2 Å². The molecule has 0 bridgehead atoms. The van der Waals surface area contributed by atoms with Crippen molar-refractivity contribution in [3.63, 3.8) is 0 Å². The number of anilines is 1. The number of carbonyl (C=O) groups is 1. The molecule has 5 nitrogen and oxygen atoms in total. The number of benzene rings is 2. The maximum atomic E-state index is 12.7. The van der Waals surface area contributed by atoms with Gasteiger partial charge in [-0.2, -0.15) is 21.6 Å². The van der Waals surface area contributed by atoms with Gasteiger partial charge in [0.25, 0.3) is 0 Å². The third kappa shape index (κ3) is 4.25. The van der Waals surface area contributed by atoms with Crippen LogP contribution in [0.5, 0.6) is 5.75 Å². The third-order valence-corrected chi connectivity index (χ3v) is 4.08. The Balaban J connectivity index is 2.38. The molecule has 0 aliphatic rings. The predicted octanol–water partition coefficient (Wildman–Crippen LogP) is 3.43. The molecule has 1 amide bonds. The van der Waals surface area contributed by atoms with Crippen molar-refractivity contribution in [3.8, 4) is 5.75 Å². The lowest BCUT2D eigenvalue weighted by molar-refractivity contribution is -0.137. The fourth-order valence-electron chi connectivity index (χ4n) is 1.83. The van der Waals surface area contributed by atoms with Gasteiger partial charge in [0, 0.05) is 6.92 Å². The van der Waals surface area contributed by atoms with Crippen LogP contribution in [-0.4, -0.2) is 14.3 Å². The van der Waals surface area contributed by atoms with Gasteiger partial charge in [0.05, 0.1) is 11.3 Å². The molecule has 9 heteroatoms. The molecule has 2 aromatic rings. The van der Waals surface area contributed by atoms with Crippen LogP contribution in [0.25, 0.3) is 0 Å². The standard InChI is InChI=1S/C15H12F3NO4S/c1-10(20)19-13-7-2-3-8-14(13)23-24(21,22)12-6-4-5-11(9-12)15(16,17)18/h2-9H,1H3,(H,19,20). The van der Waals surface area contributed by atoms with Crippen molar-refractivity contribution in [2.75, 3.05) is 5.32 Å². The fraction of sp³-hybridized carbons (Fsp3) is 0.133. The van der Waals surface area contributed by atoms with Crippen molar-refractivity contribution >= 4 is 21.7 Å². The predicted molar refractivity (Wildman–Crippen MR) is 80.0 cm³/mol. The minimum absolute atomic E-state index is 0.0838. The Hall–Kier alpha value is -2.55. The van der Waals surface area contributed by atoms with Gasteiger partial charge in [0.15, 0.2) is 5.75 Å². The minimum Gasteiger partial charge on any atom is -0.377 e. The van der Waals surface area contributed by atoms with Gasteiger partial charge in [-0.25, -0.2) is 0 Å². The molecule has 2 aromatic carbocycles. The Bertz CT molecular complexity index is 863. The Labute approximate surface area is 136 Å². The molecule has 0 radical (unpaired) electrons. The molecular weight excluding hydrogens is 347 g/mol. The van der Waals surface area contributed by atoms with Crippen molar-refractivity contribution in [3.05, 3.63) is 54.1 Å². The second kappa shape index (κ2) is 6.52. The highest BCUT2D eigenvalue weighted by atomic mass is 32.2. The van der Waals surface area contributed by atoms with Gasteiger partial charge in [-0.05, 0) is 30.3 Å². The lowest BCUT2D eigenvalue weighted by atomic mass is 10.2. The third-order valence-electron chi connectivity index (χ3n) is 2.85. The minimum atomic E-state index is -4.68. The summed E-state index contributed by atoms with van der Waals surface area (Å²) in [4.78, 5) is 10.5. The smallest absolute Gasteiger partial charge is 0.377 e. The van der Waals surface area contributed by atoms with Crippen LogP contribution in [-0.2, 0) is 21.1 Å². The molecule has 0 fully saturated rings. The largest absolute Gasteiger partial charge is 0.416 e. The van der Waals surface area contributed by atoms with Gasteiger partial charge in [0.1, 0.15) is 4.90 Å². The van der Waals surface area contributed by atoms with E-state index in [0.717, 1.165) is 18.2 Å². The van der Waals surface area contributed by atoms with E-state index in [1.54, 1.807) is 0 Å². The molecule has 0 unspecified atom stereocenters. The van der Waals surface area contributed by atoms with E-state index in [9.17, 15) is 26.4 Å². The average molecular weight is 359 g/mol. The summed E-state index contributed by atoms with van der Waals surface area (Å²) in [6.07, 6.45) is -4.68. The molecule has 0 heterocycles. The highest BCUT2D eigenvalue weighted by molar-refractivity contribution is 7.87. The number of carbonyl (C=O) groups excluding carboxylic acids is 1. The van der Waals surface area contributed by atoms with E-state index in [0.29, 0.717) is 6.07 Å². The first-order valence-corrected chi connectivity index (χ1v) is 7.99. The van der Waals surface area contributed by atoms with Crippen LogP contribution in [0.3, 0.4) is 0 Å². The average Bonchev–Trinajstić information content (AvgIpc) is 2.48. The molecular formula is C15H12F3NO4S. The molecule has 0 spiro atoms. The molecule has 0 aliphatic heterocycles. The van der Waals surface area contributed by atoms with Gasteiger partial charge in [-0.1, -0.05) is 18.2 Å². The van der Waals surface area contributed by atoms with Crippen LogP contribution in [0.15, 0.2) is 53.4 Å². The molecule has 24 heavy (non-hydrogen) atoms. The van der Waals surface area contributed by atoms with Gasteiger partial charge >= 0.3 is 16.3 Å². The Morgan fingerprint density at radius 1 is 1.08 bits per heavy atom. The second-order valence-electron chi connectivity index (χ2n) is 4.74. The molecule has 0 aromatic heterocycles. The van der Waals surface area contributed by atoms with Crippen molar-refractivity contribution in [1.29, 1.82) is 0 Å². The number of amides is 1. The number of alkyl halides is 3. The van der Waals surface area contributed by atoms with Gasteiger partial charge in [0.2, 0.25) is 5.91 Å². The van der Waals surface area contributed by atoms with E-state index in [1.807, 2.05) is 0 Å². The molecule has 128 valence electrons. The summed E-state index contributed by atoms with van der Waals surface area (Å²) >= 11 is 0. The van der Waals surface area contributed by atoms with E-state index in [2.05, 4.69) is 5.32 Å². The van der Waals surface area contributed by atoms with Crippen LogP contribution in [0.1, 0.15) is 12.5 Å². The summed E-state index contributed by atoms with van der Waals surface area (Å²) in [7, 11) is -4.51. The molecule has 2 rings (SSSR count). The highest BCUT2D eigenvalue weighted by Gasteiger charge is 2.32. The lowest BCUT2D eigenvalue weighted by Crippen LogP contribution is -2.14. The first-order valence-electron chi connectivity index (χ1n) is 6.58. The molecule has 0 aliphatic carbocycles. The van der Waals surface area contributed by atoms with Crippen LogP contribution >= 0.6 is 0 Å². The van der Waals surface area contributed by atoms with Crippen molar-refractivity contribution in [2.45, 2.75) is 18.0 Å². The maximum Gasteiger partial charge on any atom is 0.416 e. The number of hydrogen-bond acceptors (Lipinski definition) is 4. The van der Waals surface area contributed by atoms with Gasteiger partial charge < -0.3 is 9.50 Å². The van der Waals surface area contributed by atoms with Crippen molar-refractivity contribution in [2.24, 2.45) is 0 Å². The Morgan fingerprint density at radius 3 is 2.38 bits per heavy atom. The highest BCUT2D eigenvalue weighted by Crippen LogP contribution is 2.32. The van der Waals surface area contributed by atoms with E-state index < -0.39 is 32.7 Å². The second-order valence-corrected chi connectivity index (χ2v) is 6.29. The SMILES string of the molecule is CC(=O)Nc1ccccc1OS(=O)(=O)c1cccc(C(F)(F)F)c1.